The molecule has 2 amide bonds. The van der Waals surface area contributed by atoms with Crippen LogP contribution in [0.4, 0.5) is 18.9 Å². The molecule has 1 fully saturated rings. The van der Waals surface area contributed by atoms with Gasteiger partial charge in [0.2, 0.25) is 5.91 Å². The summed E-state index contributed by atoms with van der Waals surface area (Å²) < 4.78 is 41.3. The molecule has 1 saturated heterocycles. The van der Waals surface area contributed by atoms with Crippen molar-refractivity contribution in [3.8, 4) is 0 Å². The highest BCUT2D eigenvalue weighted by atomic mass is 19.1. The molecule has 0 bridgehead atoms. The second-order valence-corrected chi connectivity index (χ2v) is 7.53. The Bertz CT molecular complexity index is 955. The summed E-state index contributed by atoms with van der Waals surface area (Å²) in [5, 5.41) is 0. The molecule has 4 rings (SSSR count). The van der Waals surface area contributed by atoms with E-state index >= 15 is 0 Å². The normalized spacial score (nSPS) is 17.2. The summed E-state index contributed by atoms with van der Waals surface area (Å²) in [5.74, 6) is -2.98. The van der Waals surface area contributed by atoms with E-state index in [1.54, 1.807) is 6.07 Å². The topological polar surface area (TPSA) is 40.6 Å². The average Bonchev–Trinajstić information content (AvgIpc) is 2.73. The van der Waals surface area contributed by atoms with E-state index in [1.807, 2.05) is 6.07 Å². The molecule has 2 aliphatic heterocycles. The van der Waals surface area contributed by atoms with Crippen LogP contribution >= 0.6 is 0 Å². The predicted octanol–water partition coefficient (Wildman–Crippen LogP) is 3.94. The Morgan fingerprint density at radius 2 is 1.69 bits per heavy atom. The number of likely N-dealkylation sites (tertiary alicyclic amines) is 1. The van der Waals surface area contributed by atoms with E-state index in [0.717, 1.165) is 30.5 Å². The number of nitrogens with zero attached hydrogens (tertiary/aromatic N) is 2. The molecule has 7 heteroatoms. The summed E-state index contributed by atoms with van der Waals surface area (Å²) in [6.07, 6.45) is 2.37. The Labute approximate surface area is 166 Å². The number of aryl methyl sites for hydroxylation is 1. The van der Waals surface area contributed by atoms with Crippen LogP contribution in [0.15, 0.2) is 36.4 Å². The van der Waals surface area contributed by atoms with Crippen LogP contribution in [0.2, 0.25) is 0 Å². The first-order valence-corrected chi connectivity index (χ1v) is 9.79. The molecule has 0 aliphatic carbocycles. The van der Waals surface area contributed by atoms with Gasteiger partial charge in [0, 0.05) is 31.6 Å². The van der Waals surface area contributed by atoms with Gasteiger partial charge in [0.25, 0.3) is 5.91 Å². The summed E-state index contributed by atoms with van der Waals surface area (Å²) in [6, 6.07) is 7.73. The third kappa shape index (κ3) is 3.73. The van der Waals surface area contributed by atoms with E-state index in [9.17, 15) is 22.8 Å². The lowest BCUT2D eigenvalue weighted by atomic mass is 9.92. The number of hydrogen-bond acceptors (Lipinski definition) is 2. The molecule has 0 aromatic heterocycles. The van der Waals surface area contributed by atoms with Crippen LogP contribution in [0.1, 0.15) is 35.2 Å². The molecule has 0 spiro atoms. The number of fused-ring (bicyclic) bond motifs is 1. The third-order valence-electron chi connectivity index (χ3n) is 5.73. The highest BCUT2D eigenvalue weighted by Crippen LogP contribution is 2.33. The van der Waals surface area contributed by atoms with Crippen LogP contribution < -0.4 is 4.90 Å². The first kappa shape index (κ1) is 19.5. The molecule has 0 atom stereocenters. The Hall–Kier alpha value is -2.83. The van der Waals surface area contributed by atoms with Crippen molar-refractivity contribution in [1.82, 2.24) is 4.90 Å². The average molecular weight is 402 g/mol. The molecule has 0 radical (unpaired) electrons. The minimum Gasteiger partial charge on any atom is -0.339 e. The standard InChI is InChI=1S/C22H21F3N2O2/c23-16-6-7-17(19(25)13-16)22(29)26-11-8-15(9-12-26)21(28)27-10-2-4-14-3-1-5-18(24)20(14)27/h1,3,5-7,13,15H,2,4,8-12H2. The molecular weight excluding hydrogens is 381 g/mol. The highest BCUT2D eigenvalue weighted by molar-refractivity contribution is 5.97. The fraction of sp³-hybridized carbons (Fsp3) is 0.364. The minimum atomic E-state index is -0.895. The van der Waals surface area contributed by atoms with E-state index in [2.05, 4.69) is 0 Å². The van der Waals surface area contributed by atoms with E-state index in [4.69, 9.17) is 0 Å². The monoisotopic (exact) mass is 402 g/mol. The van der Waals surface area contributed by atoms with E-state index in [-0.39, 0.29) is 17.4 Å². The summed E-state index contributed by atoms with van der Waals surface area (Å²) in [4.78, 5) is 28.6. The first-order chi connectivity index (χ1) is 14.0. The van der Waals surface area contributed by atoms with E-state index < -0.39 is 23.4 Å². The lowest BCUT2D eigenvalue weighted by Crippen LogP contribution is -2.46. The third-order valence-corrected chi connectivity index (χ3v) is 5.73. The fourth-order valence-electron chi connectivity index (χ4n) is 4.21. The quantitative estimate of drug-likeness (QED) is 0.764. The van der Waals surface area contributed by atoms with E-state index in [1.165, 1.54) is 15.9 Å². The van der Waals surface area contributed by atoms with Crippen molar-refractivity contribution in [2.75, 3.05) is 24.5 Å². The predicted molar refractivity (Wildman–Crippen MR) is 102 cm³/mol. The van der Waals surface area contributed by atoms with Gasteiger partial charge in [-0.25, -0.2) is 13.2 Å². The van der Waals surface area contributed by atoms with E-state index in [0.29, 0.717) is 44.2 Å². The zero-order valence-corrected chi connectivity index (χ0v) is 15.8. The maximum Gasteiger partial charge on any atom is 0.256 e. The lowest BCUT2D eigenvalue weighted by molar-refractivity contribution is -0.123. The van der Waals surface area contributed by atoms with Crippen molar-refractivity contribution < 1.29 is 22.8 Å². The molecule has 0 saturated carbocycles. The second kappa shape index (κ2) is 7.89. The molecular formula is C22H21F3N2O2. The molecule has 0 N–H and O–H groups in total. The van der Waals surface area contributed by atoms with Gasteiger partial charge in [-0.2, -0.15) is 0 Å². The molecule has 29 heavy (non-hydrogen) atoms. The van der Waals surface area contributed by atoms with Gasteiger partial charge in [0.1, 0.15) is 17.5 Å². The number of amides is 2. The van der Waals surface area contributed by atoms with Crippen molar-refractivity contribution >= 4 is 17.5 Å². The number of halogens is 3. The van der Waals surface area contributed by atoms with Gasteiger partial charge in [-0.15, -0.1) is 0 Å². The zero-order chi connectivity index (χ0) is 20.5. The Morgan fingerprint density at radius 3 is 2.41 bits per heavy atom. The molecule has 2 aromatic carbocycles. The van der Waals surface area contributed by atoms with Gasteiger partial charge in [0.05, 0.1) is 11.3 Å². The lowest BCUT2D eigenvalue weighted by Gasteiger charge is -2.36. The minimum absolute atomic E-state index is 0.129. The van der Waals surface area contributed by atoms with Gasteiger partial charge < -0.3 is 9.80 Å². The summed E-state index contributed by atoms with van der Waals surface area (Å²) in [5.41, 5.74) is 1.03. The maximum atomic E-state index is 14.4. The fourth-order valence-corrected chi connectivity index (χ4v) is 4.21. The van der Waals surface area contributed by atoms with Crippen LogP contribution in [-0.4, -0.2) is 36.3 Å². The van der Waals surface area contributed by atoms with Gasteiger partial charge >= 0.3 is 0 Å². The van der Waals surface area contributed by atoms with Crippen molar-refractivity contribution in [2.24, 2.45) is 5.92 Å². The van der Waals surface area contributed by atoms with Crippen molar-refractivity contribution in [3.05, 3.63) is 65.0 Å². The molecule has 152 valence electrons. The smallest absolute Gasteiger partial charge is 0.256 e. The second-order valence-electron chi connectivity index (χ2n) is 7.53. The highest BCUT2D eigenvalue weighted by Gasteiger charge is 2.34. The first-order valence-electron chi connectivity index (χ1n) is 9.79. The van der Waals surface area contributed by atoms with Gasteiger partial charge in [0.15, 0.2) is 0 Å². The number of rotatable bonds is 2. The number of carbonyl (C=O) groups is 2. The molecule has 2 aromatic rings. The Balaban J connectivity index is 1.44. The van der Waals surface area contributed by atoms with Crippen molar-refractivity contribution in [3.63, 3.8) is 0 Å². The van der Waals surface area contributed by atoms with Crippen molar-refractivity contribution in [2.45, 2.75) is 25.7 Å². The van der Waals surface area contributed by atoms with Crippen LogP contribution in [0.3, 0.4) is 0 Å². The Kier molecular flexibility index (Phi) is 5.30. The molecule has 2 heterocycles. The largest absolute Gasteiger partial charge is 0.339 e. The van der Waals surface area contributed by atoms with Crippen LogP contribution in [-0.2, 0) is 11.2 Å². The number of hydrogen-bond donors (Lipinski definition) is 0. The van der Waals surface area contributed by atoms with Gasteiger partial charge in [-0.05, 0) is 49.4 Å². The zero-order valence-electron chi connectivity index (χ0n) is 15.8. The Morgan fingerprint density at radius 1 is 0.931 bits per heavy atom. The van der Waals surface area contributed by atoms with Gasteiger partial charge in [-0.3, -0.25) is 9.59 Å². The maximum absolute atomic E-state index is 14.4. The van der Waals surface area contributed by atoms with Gasteiger partial charge in [-0.1, -0.05) is 12.1 Å². The summed E-state index contributed by atoms with van der Waals surface area (Å²) >= 11 is 0. The number of benzene rings is 2. The molecule has 4 nitrogen and oxygen atoms in total. The molecule has 2 aliphatic rings. The van der Waals surface area contributed by atoms with Crippen LogP contribution in [0, 0.1) is 23.4 Å². The SMILES string of the molecule is O=C(c1ccc(F)cc1F)N1CCC(C(=O)N2CCCc3cccc(F)c32)CC1. The number of para-hydroxylation sites is 1. The van der Waals surface area contributed by atoms with Crippen molar-refractivity contribution in [1.29, 1.82) is 0 Å². The summed E-state index contributed by atoms with van der Waals surface area (Å²) in [7, 11) is 0. The van der Waals surface area contributed by atoms with Crippen LogP contribution in [0.25, 0.3) is 0 Å². The number of anilines is 1. The summed E-state index contributed by atoms with van der Waals surface area (Å²) in [6.45, 7) is 1.07. The molecule has 0 unspecified atom stereocenters. The van der Waals surface area contributed by atoms with Crippen LogP contribution in [0.5, 0.6) is 0 Å². The number of piperidine rings is 1. The number of carbonyl (C=O) groups excluding carboxylic acids is 2.